The molecule has 0 amide bonds. The van der Waals surface area contributed by atoms with Crippen LogP contribution in [-0.2, 0) is 10.2 Å². The maximum Gasteiger partial charge on any atom is 0.298 e. The lowest BCUT2D eigenvalue weighted by molar-refractivity contribution is -0.401. The Morgan fingerprint density at radius 3 is 2.58 bits per heavy atom. The number of hydrogen-bond acceptors (Lipinski definition) is 3. The van der Waals surface area contributed by atoms with E-state index in [1.165, 1.54) is 23.0 Å². The van der Waals surface area contributed by atoms with Crippen molar-refractivity contribution in [1.82, 2.24) is 0 Å². The summed E-state index contributed by atoms with van der Waals surface area (Å²) < 4.78 is 6.97. The highest BCUT2D eigenvalue weighted by atomic mass is 16.5. The first-order valence-corrected chi connectivity index (χ1v) is 7.77. The fraction of sp³-hybridized carbons (Fsp3) is 0.200. The highest BCUT2D eigenvalue weighted by Crippen LogP contribution is 2.39. The van der Waals surface area contributed by atoms with Gasteiger partial charge >= 0.3 is 0 Å². The molecular formula is C20H20NO3+. The molecule has 0 atom stereocenters. The molecule has 2 aromatic rings. The largest absolute Gasteiger partial charge is 0.504 e. The summed E-state index contributed by atoms with van der Waals surface area (Å²) in [4.78, 5) is 10.5. The topological polar surface area (TPSA) is 49.5 Å². The Kier molecular flexibility index (Phi) is 3.97. The van der Waals surface area contributed by atoms with Gasteiger partial charge in [-0.2, -0.15) is 4.58 Å². The number of nitrogens with zero attached hydrogens (tertiary/aromatic N) is 1. The average molecular weight is 322 g/mol. The van der Waals surface area contributed by atoms with Gasteiger partial charge in [0.05, 0.1) is 5.41 Å². The van der Waals surface area contributed by atoms with Crippen molar-refractivity contribution in [3.8, 4) is 11.5 Å². The lowest BCUT2D eigenvalue weighted by atomic mass is 9.81. The summed E-state index contributed by atoms with van der Waals surface area (Å²) in [7, 11) is 2.06. The van der Waals surface area contributed by atoms with Crippen molar-refractivity contribution in [1.29, 1.82) is 0 Å². The molecule has 1 heterocycles. The zero-order valence-corrected chi connectivity index (χ0v) is 14.0. The second kappa shape index (κ2) is 5.96. The van der Waals surface area contributed by atoms with E-state index in [1.54, 1.807) is 12.1 Å². The van der Waals surface area contributed by atoms with E-state index in [0.29, 0.717) is 6.47 Å². The number of aromatic hydroxyl groups is 1. The molecule has 0 bridgehead atoms. The lowest BCUT2D eigenvalue weighted by Gasteiger charge is -2.15. The van der Waals surface area contributed by atoms with Gasteiger partial charge in [-0.3, -0.25) is 4.79 Å². The normalized spacial score (nSPS) is 15.6. The number of fused-ring (bicyclic) bond motifs is 1. The van der Waals surface area contributed by atoms with Gasteiger partial charge in [-0.15, -0.1) is 0 Å². The van der Waals surface area contributed by atoms with Crippen LogP contribution in [0, 0.1) is 0 Å². The first kappa shape index (κ1) is 16.0. The SMILES string of the molecule is C[N+]1=C(/C=C/c2ccc(O)c(OC=O)c2)C(C)(C)c2ccccc21. The third-order valence-corrected chi connectivity index (χ3v) is 4.53. The molecule has 1 N–H and O–H groups in total. The maximum absolute atomic E-state index is 10.5. The standard InChI is InChI=1S/C20H19NO3/c1-20(2)15-6-4-5-7-16(15)21(3)19(20)11-9-14-8-10-17(23)18(12-14)24-13-22/h4-13H,1-3H3/p+1. The summed E-state index contributed by atoms with van der Waals surface area (Å²) in [6.45, 7) is 4.71. The molecular weight excluding hydrogens is 302 g/mol. The monoisotopic (exact) mass is 322 g/mol. The van der Waals surface area contributed by atoms with Crippen LogP contribution in [0.3, 0.4) is 0 Å². The molecule has 1 aliphatic rings. The summed E-state index contributed by atoms with van der Waals surface area (Å²) >= 11 is 0. The second-order valence-corrected chi connectivity index (χ2v) is 6.36. The number of allylic oxidation sites excluding steroid dienone is 1. The molecule has 4 nitrogen and oxygen atoms in total. The van der Waals surface area contributed by atoms with Gasteiger partial charge < -0.3 is 9.84 Å². The van der Waals surface area contributed by atoms with E-state index in [0.717, 1.165) is 5.56 Å². The molecule has 4 heteroatoms. The quantitative estimate of drug-likeness (QED) is 0.690. The van der Waals surface area contributed by atoms with E-state index >= 15 is 0 Å². The van der Waals surface area contributed by atoms with Crippen molar-refractivity contribution in [3.63, 3.8) is 0 Å². The molecule has 24 heavy (non-hydrogen) atoms. The lowest BCUT2D eigenvalue weighted by Crippen LogP contribution is -2.26. The third-order valence-electron chi connectivity index (χ3n) is 4.53. The van der Waals surface area contributed by atoms with Crippen molar-refractivity contribution in [2.45, 2.75) is 19.3 Å². The predicted octanol–water partition coefficient (Wildman–Crippen LogP) is 3.65. The number of para-hydroxylation sites is 1. The summed E-state index contributed by atoms with van der Waals surface area (Å²) in [5.74, 6) is 0.0945. The van der Waals surface area contributed by atoms with E-state index < -0.39 is 0 Å². The van der Waals surface area contributed by atoms with Crippen molar-refractivity contribution in [2.75, 3.05) is 7.05 Å². The first-order chi connectivity index (χ1) is 11.4. The van der Waals surface area contributed by atoms with Gasteiger partial charge in [-0.1, -0.05) is 24.3 Å². The van der Waals surface area contributed by atoms with Crippen molar-refractivity contribution < 1.29 is 19.2 Å². The third kappa shape index (κ3) is 2.60. The van der Waals surface area contributed by atoms with Gasteiger partial charge in [-0.05, 0) is 37.6 Å². The molecule has 0 spiro atoms. The van der Waals surface area contributed by atoms with Crippen LogP contribution < -0.4 is 4.74 Å². The molecule has 0 radical (unpaired) electrons. The van der Waals surface area contributed by atoms with Gasteiger partial charge in [0.25, 0.3) is 6.47 Å². The van der Waals surface area contributed by atoms with Crippen molar-refractivity contribution in [3.05, 3.63) is 59.7 Å². The Labute approximate surface area is 141 Å². The van der Waals surface area contributed by atoms with E-state index in [-0.39, 0.29) is 16.9 Å². The number of ether oxygens (including phenoxy) is 1. The van der Waals surface area contributed by atoms with Gasteiger partial charge in [0, 0.05) is 17.7 Å². The molecule has 2 aromatic carbocycles. The van der Waals surface area contributed by atoms with Crippen molar-refractivity contribution in [2.24, 2.45) is 0 Å². The summed E-state index contributed by atoms with van der Waals surface area (Å²) in [6.07, 6.45) is 4.02. The molecule has 3 rings (SSSR count). The predicted molar refractivity (Wildman–Crippen MR) is 94.2 cm³/mol. The number of carbonyl (C=O) groups excluding carboxylic acids is 1. The number of rotatable bonds is 4. The average Bonchev–Trinajstić information content (AvgIpc) is 2.76. The summed E-state index contributed by atoms with van der Waals surface area (Å²) in [6, 6.07) is 13.3. The fourth-order valence-electron chi connectivity index (χ4n) is 3.26. The molecule has 0 saturated carbocycles. The zero-order valence-electron chi connectivity index (χ0n) is 14.0. The van der Waals surface area contributed by atoms with Gasteiger partial charge in [-0.25, -0.2) is 0 Å². The number of phenolic OH excluding ortho intramolecular Hbond substituents is 1. The van der Waals surface area contributed by atoms with E-state index in [2.05, 4.69) is 49.7 Å². The highest BCUT2D eigenvalue weighted by Gasteiger charge is 2.42. The Morgan fingerprint density at radius 2 is 1.88 bits per heavy atom. The van der Waals surface area contributed by atoms with Crippen LogP contribution in [0.1, 0.15) is 25.0 Å². The number of hydrogen-bond donors (Lipinski definition) is 1. The second-order valence-electron chi connectivity index (χ2n) is 6.36. The fourth-order valence-corrected chi connectivity index (χ4v) is 3.26. The van der Waals surface area contributed by atoms with Gasteiger partial charge in [0.1, 0.15) is 7.05 Å². The van der Waals surface area contributed by atoms with Crippen LogP contribution in [-0.4, -0.2) is 28.9 Å². The summed E-state index contributed by atoms with van der Waals surface area (Å²) in [5.41, 5.74) is 4.42. The van der Waals surface area contributed by atoms with Gasteiger partial charge in [0.15, 0.2) is 17.2 Å². The Morgan fingerprint density at radius 1 is 1.12 bits per heavy atom. The minimum Gasteiger partial charge on any atom is -0.504 e. The highest BCUT2D eigenvalue weighted by molar-refractivity contribution is 6.05. The first-order valence-electron chi connectivity index (χ1n) is 7.77. The van der Waals surface area contributed by atoms with Crippen LogP contribution in [0.25, 0.3) is 6.08 Å². The molecule has 0 fully saturated rings. The van der Waals surface area contributed by atoms with Crippen LogP contribution in [0.15, 0.2) is 48.5 Å². The molecule has 0 aliphatic carbocycles. The van der Waals surface area contributed by atoms with Crippen LogP contribution in [0.2, 0.25) is 0 Å². The van der Waals surface area contributed by atoms with E-state index in [4.69, 9.17) is 4.74 Å². The van der Waals surface area contributed by atoms with E-state index in [1.807, 2.05) is 12.1 Å². The molecule has 0 saturated heterocycles. The van der Waals surface area contributed by atoms with Crippen molar-refractivity contribution >= 4 is 23.9 Å². The van der Waals surface area contributed by atoms with Crippen LogP contribution in [0.4, 0.5) is 5.69 Å². The van der Waals surface area contributed by atoms with Crippen LogP contribution in [0.5, 0.6) is 11.5 Å². The Balaban J connectivity index is 1.97. The number of phenols is 1. The Hall–Kier alpha value is -2.88. The van der Waals surface area contributed by atoms with Gasteiger partial charge in [0.2, 0.25) is 5.69 Å². The van der Waals surface area contributed by atoms with E-state index in [9.17, 15) is 9.90 Å². The maximum atomic E-state index is 10.5. The Bertz CT molecular complexity index is 863. The zero-order chi connectivity index (χ0) is 17.3. The molecule has 0 aromatic heterocycles. The molecule has 0 unspecified atom stereocenters. The smallest absolute Gasteiger partial charge is 0.298 e. The molecule has 1 aliphatic heterocycles. The van der Waals surface area contributed by atoms with Crippen LogP contribution >= 0.6 is 0 Å². The number of carbonyl (C=O) groups is 1. The summed E-state index contributed by atoms with van der Waals surface area (Å²) in [5, 5.41) is 9.67. The molecule has 122 valence electrons. The minimum atomic E-state index is -0.0963. The minimum absolute atomic E-state index is 0.0578. The number of benzene rings is 2.